The van der Waals surface area contributed by atoms with Crippen molar-refractivity contribution in [2.24, 2.45) is 5.92 Å². The lowest BCUT2D eigenvalue weighted by Crippen LogP contribution is -2.18. The topological polar surface area (TPSA) is 6.48 Å². The Morgan fingerprint density at radius 3 is 1.67 bits per heavy atom. The molecule has 1 unspecified atom stereocenters. The van der Waals surface area contributed by atoms with Gasteiger partial charge in [-0.1, -0.05) is 143 Å². The van der Waals surface area contributed by atoms with Crippen LogP contribution in [-0.2, 0) is 10.8 Å². The third-order valence-corrected chi connectivity index (χ3v) is 14.0. The number of benzene rings is 8. The molecule has 0 amide bonds. The second kappa shape index (κ2) is 12.8. The Labute approximate surface area is 353 Å². The summed E-state index contributed by atoms with van der Waals surface area (Å²) in [6.45, 7) is 9.56. The quantitative estimate of drug-likeness (QED) is 0.149. The molecule has 0 fully saturated rings. The van der Waals surface area contributed by atoms with Crippen LogP contribution in [0, 0.1) is 5.92 Å². The molecule has 0 radical (unpaired) electrons. The minimum Gasteiger partial charge on any atom is -0.310 e. The molecule has 4 aliphatic carbocycles. The number of allylic oxidation sites excluding steroid dienone is 5. The molecular formula is C58H46N2. The van der Waals surface area contributed by atoms with Gasteiger partial charge in [-0.25, -0.2) is 0 Å². The fourth-order valence-electron chi connectivity index (χ4n) is 11.0. The summed E-state index contributed by atoms with van der Waals surface area (Å²) in [7, 11) is 0. The third-order valence-electron chi connectivity index (χ3n) is 14.0. The van der Waals surface area contributed by atoms with E-state index in [0.29, 0.717) is 5.92 Å². The van der Waals surface area contributed by atoms with Gasteiger partial charge < -0.3 is 9.80 Å². The maximum absolute atomic E-state index is 2.46. The average molecular weight is 771 g/mol. The van der Waals surface area contributed by atoms with Gasteiger partial charge in [0.2, 0.25) is 0 Å². The van der Waals surface area contributed by atoms with E-state index in [1.54, 1.807) is 5.57 Å². The van der Waals surface area contributed by atoms with E-state index in [4.69, 9.17) is 0 Å². The van der Waals surface area contributed by atoms with Gasteiger partial charge >= 0.3 is 0 Å². The molecule has 0 saturated heterocycles. The highest BCUT2D eigenvalue weighted by Crippen LogP contribution is 2.57. The first kappa shape index (κ1) is 35.1. The Hall–Kier alpha value is -6.90. The number of hydrogen-bond acceptors (Lipinski definition) is 2. The first-order valence-corrected chi connectivity index (χ1v) is 21.5. The highest BCUT2D eigenvalue weighted by molar-refractivity contribution is 6.16. The summed E-state index contributed by atoms with van der Waals surface area (Å²) >= 11 is 0. The Balaban J connectivity index is 0.909. The molecule has 0 aliphatic heterocycles. The number of para-hydroxylation sites is 2. The van der Waals surface area contributed by atoms with Crippen molar-refractivity contribution in [3.63, 3.8) is 0 Å². The van der Waals surface area contributed by atoms with Crippen molar-refractivity contribution in [2.45, 2.75) is 44.9 Å². The van der Waals surface area contributed by atoms with Gasteiger partial charge in [-0.3, -0.25) is 0 Å². The van der Waals surface area contributed by atoms with Crippen molar-refractivity contribution in [1.82, 2.24) is 0 Å². The summed E-state index contributed by atoms with van der Waals surface area (Å²) in [5.41, 5.74) is 19.2. The second-order valence-corrected chi connectivity index (χ2v) is 18.1. The number of nitrogens with zero attached hydrogens (tertiary/aromatic N) is 2. The van der Waals surface area contributed by atoms with E-state index in [1.807, 2.05) is 0 Å². The van der Waals surface area contributed by atoms with Gasteiger partial charge in [-0.15, -0.1) is 0 Å². The van der Waals surface area contributed by atoms with Crippen molar-refractivity contribution in [2.75, 3.05) is 9.80 Å². The average Bonchev–Trinajstić information content (AvgIpc) is 3.67. The zero-order valence-corrected chi connectivity index (χ0v) is 34.6. The predicted molar refractivity (Wildman–Crippen MR) is 255 cm³/mol. The molecule has 8 aromatic carbocycles. The fourth-order valence-corrected chi connectivity index (χ4v) is 11.0. The molecule has 60 heavy (non-hydrogen) atoms. The molecule has 4 aliphatic rings. The van der Waals surface area contributed by atoms with Crippen molar-refractivity contribution in [1.29, 1.82) is 0 Å². The first-order chi connectivity index (χ1) is 29.3. The SMILES string of the molecule is CC1(C)C2=C3c4c(cc(N(c5ccccc5)c5ccc(-c6ccc(N(c7ccccc7)c7cc8c9c(ccc%10cccc(c%109)C8(C)C)c7)cc6)cc5)cc41)C=CC3CC=C2. The molecule has 8 aromatic rings. The summed E-state index contributed by atoms with van der Waals surface area (Å²) in [6, 6.07) is 60.8. The Kier molecular flexibility index (Phi) is 7.48. The minimum absolute atomic E-state index is 0.0500. The van der Waals surface area contributed by atoms with E-state index in [9.17, 15) is 0 Å². The van der Waals surface area contributed by atoms with Crippen LogP contribution in [0.5, 0.6) is 0 Å². The summed E-state index contributed by atoms with van der Waals surface area (Å²) < 4.78 is 0. The van der Waals surface area contributed by atoms with E-state index in [1.165, 1.54) is 77.4 Å². The Morgan fingerprint density at radius 2 is 1.02 bits per heavy atom. The third kappa shape index (κ3) is 5.07. The van der Waals surface area contributed by atoms with E-state index >= 15 is 0 Å². The standard InChI is InChI=1S/C58H46N2/c1-57(2)49-19-11-13-39-21-23-41-33-47(35-51(57)55(41)53(39)49)59(43-15-7-5-8-16-43)45-29-25-37(26-30-45)38-27-31-46(32-28-38)60(44-17-9-6-10-18-44)48-34-42-24-22-40-14-12-20-50-54(40)56(42)52(36-48)58(50,3)4/h5-13,15-36,40H,14H2,1-4H3. The molecule has 0 bridgehead atoms. The zero-order valence-electron chi connectivity index (χ0n) is 34.6. The van der Waals surface area contributed by atoms with Crippen LogP contribution in [-0.4, -0.2) is 0 Å². The van der Waals surface area contributed by atoms with Crippen LogP contribution >= 0.6 is 0 Å². The Morgan fingerprint density at radius 1 is 0.450 bits per heavy atom. The highest BCUT2D eigenvalue weighted by Gasteiger charge is 2.42. The van der Waals surface area contributed by atoms with Crippen LogP contribution in [0.4, 0.5) is 34.1 Å². The van der Waals surface area contributed by atoms with Crippen molar-refractivity contribution < 1.29 is 0 Å². The molecule has 2 heteroatoms. The van der Waals surface area contributed by atoms with Crippen LogP contribution in [0.3, 0.4) is 0 Å². The number of anilines is 6. The van der Waals surface area contributed by atoms with Gasteiger partial charge in [0, 0.05) is 50.9 Å². The van der Waals surface area contributed by atoms with Crippen molar-refractivity contribution in [3.8, 4) is 11.1 Å². The summed E-state index contributed by atoms with van der Waals surface area (Å²) in [5, 5.41) is 5.41. The van der Waals surface area contributed by atoms with Crippen LogP contribution in [0.1, 0.15) is 61.9 Å². The molecule has 0 N–H and O–H groups in total. The van der Waals surface area contributed by atoms with Gasteiger partial charge in [-0.05, 0) is 151 Å². The highest BCUT2D eigenvalue weighted by atomic mass is 15.1. The van der Waals surface area contributed by atoms with E-state index < -0.39 is 0 Å². The van der Waals surface area contributed by atoms with Gasteiger partial charge in [0.25, 0.3) is 0 Å². The first-order valence-electron chi connectivity index (χ1n) is 21.5. The lowest BCUT2D eigenvalue weighted by atomic mass is 9.78. The molecule has 0 heterocycles. The lowest BCUT2D eigenvalue weighted by Gasteiger charge is -2.30. The van der Waals surface area contributed by atoms with Gasteiger partial charge in [0.15, 0.2) is 0 Å². The molecule has 288 valence electrons. The minimum atomic E-state index is -0.0888. The summed E-state index contributed by atoms with van der Waals surface area (Å²) in [6.07, 6.45) is 10.6. The molecule has 2 nitrogen and oxygen atoms in total. The van der Waals surface area contributed by atoms with Crippen molar-refractivity contribution >= 4 is 67.3 Å². The fraction of sp³-hybridized carbons (Fsp3) is 0.138. The lowest BCUT2D eigenvalue weighted by molar-refractivity contribution is 0.648. The summed E-state index contributed by atoms with van der Waals surface area (Å²) in [5.74, 6) is 0.482. The van der Waals surface area contributed by atoms with E-state index in [2.05, 4.69) is 226 Å². The number of hydrogen-bond donors (Lipinski definition) is 0. The number of rotatable bonds is 7. The van der Waals surface area contributed by atoms with Gasteiger partial charge in [-0.2, -0.15) is 0 Å². The van der Waals surface area contributed by atoms with Crippen LogP contribution in [0.25, 0.3) is 44.3 Å². The molecule has 0 saturated carbocycles. The van der Waals surface area contributed by atoms with E-state index in [0.717, 1.165) is 29.2 Å². The van der Waals surface area contributed by atoms with Crippen LogP contribution in [0.15, 0.2) is 188 Å². The van der Waals surface area contributed by atoms with E-state index in [-0.39, 0.29) is 10.8 Å². The molecular weight excluding hydrogens is 725 g/mol. The maximum atomic E-state index is 2.46. The van der Waals surface area contributed by atoms with Gasteiger partial charge in [0.1, 0.15) is 0 Å². The smallest absolute Gasteiger partial charge is 0.0471 e. The van der Waals surface area contributed by atoms with Gasteiger partial charge in [0.05, 0.1) is 0 Å². The molecule has 12 rings (SSSR count). The predicted octanol–water partition coefficient (Wildman–Crippen LogP) is 15.9. The molecule has 0 spiro atoms. The molecule has 1 atom stereocenters. The largest absolute Gasteiger partial charge is 0.310 e. The normalized spacial score (nSPS) is 17.2. The second-order valence-electron chi connectivity index (χ2n) is 18.1. The Bertz CT molecular complexity index is 3150. The molecule has 0 aromatic heterocycles. The summed E-state index contributed by atoms with van der Waals surface area (Å²) in [4.78, 5) is 4.83. The monoisotopic (exact) mass is 770 g/mol. The van der Waals surface area contributed by atoms with Crippen molar-refractivity contribution in [3.05, 3.63) is 215 Å². The van der Waals surface area contributed by atoms with Crippen LogP contribution in [0.2, 0.25) is 0 Å². The zero-order chi connectivity index (χ0) is 40.3. The maximum Gasteiger partial charge on any atom is 0.0471 e. The van der Waals surface area contributed by atoms with Crippen LogP contribution < -0.4 is 9.80 Å².